The van der Waals surface area contributed by atoms with Gasteiger partial charge in [0.2, 0.25) is 4.33 Å². The molecule has 0 rings (SSSR count). The number of aliphatic carboxylic acids is 1. The van der Waals surface area contributed by atoms with Crippen molar-refractivity contribution >= 4 is 64.0 Å². The molecule has 150 valence electrons. The Morgan fingerprint density at radius 1 is 0.800 bits per heavy atom. The molecule has 0 saturated carbocycles. The lowest BCUT2D eigenvalue weighted by Gasteiger charge is -2.32. The van der Waals surface area contributed by atoms with Crippen LogP contribution in [0.3, 0.4) is 0 Å². The average molecular weight is 457 g/mol. The van der Waals surface area contributed by atoms with Crippen LogP contribution >= 0.6 is 58.0 Å². The van der Waals surface area contributed by atoms with Crippen LogP contribution in [0.4, 0.5) is 0 Å². The van der Waals surface area contributed by atoms with Gasteiger partial charge in [0.1, 0.15) is 0 Å². The van der Waals surface area contributed by atoms with Gasteiger partial charge in [-0.3, -0.25) is 0 Å². The van der Waals surface area contributed by atoms with Crippen molar-refractivity contribution in [1.82, 2.24) is 0 Å². The van der Waals surface area contributed by atoms with Gasteiger partial charge in [0.15, 0.2) is 4.33 Å². The van der Waals surface area contributed by atoms with E-state index in [-0.39, 0.29) is 0 Å². The predicted octanol–water partition coefficient (Wildman–Crippen LogP) is 8.12. The van der Waals surface area contributed by atoms with Gasteiger partial charge in [-0.05, 0) is 6.42 Å². The first-order chi connectivity index (χ1) is 11.7. The smallest absolute Gasteiger partial charge is 0.343 e. The highest BCUT2D eigenvalue weighted by Crippen LogP contribution is 2.48. The van der Waals surface area contributed by atoms with Crippen molar-refractivity contribution in [1.29, 1.82) is 0 Å². The van der Waals surface area contributed by atoms with Crippen molar-refractivity contribution in [3.8, 4) is 0 Å². The fraction of sp³-hybridized carbons (Fsp3) is 0.944. The highest BCUT2D eigenvalue weighted by molar-refractivity contribution is 6.69. The summed E-state index contributed by atoms with van der Waals surface area (Å²) in [4.78, 5) is 11.1. The van der Waals surface area contributed by atoms with E-state index in [1.807, 2.05) is 0 Å². The molecule has 2 nitrogen and oxygen atoms in total. The van der Waals surface area contributed by atoms with Crippen LogP contribution in [0.5, 0.6) is 0 Å². The summed E-state index contributed by atoms with van der Waals surface area (Å²) in [5.74, 6) is -1.50. The Bertz CT molecular complexity index is 361. The van der Waals surface area contributed by atoms with Crippen molar-refractivity contribution < 1.29 is 9.90 Å². The van der Waals surface area contributed by atoms with Gasteiger partial charge in [0.05, 0.1) is 5.38 Å². The van der Waals surface area contributed by atoms with Crippen molar-refractivity contribution in [2.45, 2.75) is 104 Å². The van der Waals surface area contributed by atoms with E-state index < -0.39 is 20.0 Å². The summed E-state index contributed by atoms with van der Waals surface area (Å²) >= 11 is 29.6. The maximum atomic E-state index is 11.1. The molecule has 0 aliphatic heterocycles. The maximum Gasteiger partial charge on any atom is 0.343 e. The van der Waals surface area contributed by atoms with Gasteiger partial charge in [-0.15, -0.1) is 11.6 Å². The highest BCUT2D eigenvalue weighted by atomic mass is 35.5. The summed E-state index contributed by atoms with van der Waals surface area (Å²) in [6.07, 6.45) is 15.3. The summed E-state index contributed by atoms with van der Waals surface area (Å²) < 4.78 is -4.28. The molecular formula is C18H31Cl5O2. The fourth-order valence-electron chi connectivity index (χ4n) is 2.69. The summed E-state index contributed by atoms with van der Waals surface area (Å²) in [7, 11) is 0. The lowest BCUT2D eigenvalue weighted by Crippen LogP contribution is -2.49. The van der Waals surface area contributed by atoms with Crippen molar-refractivity contribution in [2.75, 3.05) is 0 Å². The number of carboxylic acids is 1. The van der Waals surface area contributed by atoms with Crippen LogP contribution in [0.1, 0.15) is 90.4 Å². The molecule has 25 heavy (non-hydrogen) atoms. The van der Waals surface area contributed by atoms with E-state index in [9.17, 15) is 4.79 Å². The lowest BCUT2D eigenvalue weighted by atomic mass is 10.0. The molecule has 0 aromatic carbocycles. The second-order valence-corrected chi connectivity index (χ2v) is 9.89. The zero-order valence-corrected chi connectivity index (χ0v) is 18.8. The largest absolute Gasteiger partial charge is 0.479 e. The van der Waals surface area contributed by atoms with Gasteiger partial charge in [0, 0.05) is 0 Å². The highest BCUT2D eigenvalue weighted by Gasteiger charge is 2.57. The first kappa shape index (κ1) is 25.9. The number of hydrogen-bond acceptors (Lipinski definition) is 1. The Labute approximate surface area is 177 Å². The molecule has 0 spiro atoms. The Hall–Kier alpha value is 0.920. The van der Waals surface area contributed by atoms with Gasteiger partial charge in [0.25, 0.3) is 0 Å². The third-order valence-electron chi connectivity index (χ3n) is 4.39. The van der Waals surface area contributed by atoms with E-state index in [4.69, 9.17) is 63.1 Å². The molecule has 0 bridgehead atoms. The maximum absolute atomic E-state index is 11.1. The lowest BCUT2D eigenvalue weighted by molar-refractivity contribution is -0.138. The third kappa shape index (κ3) is 10.1. The molecule has 0 amide bonds. The number of hydrogen-bond donors (Lipinski definition) is 1. The van der Waals surface area contributed by atoms with Crippen LogP contribution in [0.25, 0.3) is 0 Å². The minimum absolute atomic E-state index is 0.473. The van der Waals surface area contributed by atoms with Gasteiger partial charge in [-0.1, -0.05) is 130 Å². The van der Waals surface area contributed by atoms with E-state index in [2.05, 4.69) is 6.92 Å². The summed E-state index contributed by atoms with van der Waals surface area (Å²) in [5, 5.41) is 8.18. The van der Waals surface area contributed by atoms with Crippen LogP contribution in [-0.4, -0.2) is 25.1 Å². The topological polar surface area (TPSA) is 37.3 Å². The molecule has 7 heteroatoms. The first-order valence-corrected chi connectivity index (χ1v) is 11.3. The van der Waals surface area contributed by atoms with E-state index in [0.29, 0.717) is 6.42 Å². The standard InChI is InChI=1S/C18H31Cl5O2/c1-2-3-4-5-6-7-8-9-10-11-12-13-14-15(19)17(20,21)18(22,23)16(24)25/h15H,2-14H2,1H3,(H,24,25). The Balaban J connectivity index is 3.70. The molecule has 0 aliphatic rings. The van der Waals surface area contributed by atoms with Gasteiger partial charge in [-0.25, -0.2) is 4.79 Å². The van der Waals surface area contributed by atoms with Crippen molar-refractivity contribution in [2.24, 2.45) is 0 Å². The molecule has 0 aromatic rings. The summed E-state index contributed by atoms with van der Waals surface area (Å²) in [5.41, 5.74) is 0. The Morgan fingerprint density at radius 3 is 1.52 bits per heavy atom. The molecule has 1 unspecified atom stereocenters. The van der Waals surface area contributed by atoms with E-state index >= 15 is 0 Å². The Morgan fingerprint density at radius 2 is 1.16 bits per heavy atom. The molecule has 1 N–H and O–H groups in total. The zero-order valence-electron chi connectivity index (χ0n) is 15.0. The molecule has 0 heterocycles. The number of alkyl halides is 5. The average Bonchev–Trinajstić information content (AvgIpc) is 2.55. The van der Waals surface area contributed by atoms with Crippen molar-refractivity contribution in [3.05, 3.63) is 0 Å². The van der Waals surface area contributed by atoms with Gasteiger partial charge < -0.3 is 5.11 Å². The second-order valence-electron chi connectivity index (χ2n) is 6.65. The number of carboxylic acid groups (broad SMARTS) is 1. The van der Waals surface area contributed by atoms with Crippen LogP contribution in [0.15, 0.2) is 0 Å². The van der Waals surface area contributed by atoms with Crippen LogP contribution in [0.2, 0.25) is 0 Å². The third-order valence-corrected chi connectivity index (χ3v) is 7.56. The first-order valence-electron chi connectivity index (χ1n) is 9.31. The molecule has 0 aliphatic carbocycles. The van der Waals surface area contributed by atoms with Crippen LogP contribution in [-0.2, 0) is 4.79 Å². The normalized spacial score (nSPS) is 13.8. The number of halogens is 5. The van der Waals surface area contributed by atoms with Gasteiger partial charge >= 0.3 is 5.97 Å². The monoisotopic (exact) mass is 454 g/mol. The summed E-state index contributed by atoms with van der Waals surface area (Å²) in [6.45, 7) is 2.24. The second kappa shape index (κ2) is 14.0. The molecule has 1 atom stereocenters. The molecular weight excluding hydrogens is 425 g/mol. The molecule has 0 radical (unpaired) electrons. The molecule has 0 aromatic heterocycles. The number of rotatable bonds is 16. The van der Waals surface area contributed by atoms with E-state index in [1.54, 1.807) is 0 Å². The van der Waals surface area contributed by atoms with Crippen LogP contribution in [0, 0.1) is 0 Å². The van der Waals surface area contributed by atoms with Crippen molar-refractivity contribution in [3.63, 3.8) is 0 Å². The van der Waals surface area contributed by atoms with Gasteiger partial charge in [-0.2, -0.15) is 0 Å². The minimum atomic E-state index is -2.33. The van der Waals surface area contributed by atoms with E-state index in [0.717, 1.165) is 19.3 Å². The molecule has 0 saturated heterocycles. The minimum Gasteiger partial charge on any atom is -0.479 e. The fourth-order valence-corrected chi connectivity index (χ4v) is 3.76. The predicted molar refractivity (Wildman–Crippen MR) is 112 cm³/mol. The number of carbonyl (C=O) groups is 1. The quantitative estimate of drug-likeness (QED) is 0.188. The Kier molecular flexibility index (Phi) is 14.5. The zero-order chi connectivity index (χ0) is 19.3. The van der Waals surface area contributed by atoms with Crippen LogP contribution < -0.4 is 0 Å². The van der Waals surface area contributed by atoms with E-state index in [1.165, 1.54) is 57.8 Å². The summed E-state index contributed by atoms with van der Waals surface area (Å²) in [6, 6.07) is 0. The molecule has 0 fully saturated rings. The number of unbranched alkanes of at least 4 members (excludes halogenated alkanes) is 11. The SMILES string of the molecule is CCCCCCCCCCCCCCC(Cl)C(Cl)(Cl)C(Cl)(Cl)C(=O)O.